The molecule has 0 aliphatic carbocycles. The highest BCUT2D eigenvalue weighted by Crippen LogP contribution is 2.34. The van der Waals surface area contributed by atoms with Crippen molar-refractivity contribution in [2.45, 2.75) is 58.7 Å². The van der Waals surface area contributed by atoms with Crippen LogP contribution in [0.5, 0.6) is 0 Å². The van der Waals surface area contributed by atoms with Gasteiger partial charge in [0, 0.05) is 34.6 Å². The average Bonchev–Trinajstić information content (AvgIpc) is 2.49. The fourth-order valence-corrected chi connectivity index (χ4v) is 2.51. The number of hydrogen-bond acceptors (Lipinski definition) is 11. The molecule has 0 radical (unpaired) electrons. The molecule has 0 aromatic carbocycles. The Hall–Kier alpha value is -2.69. The maximum atomic E-state index is 11.6. The molecule has 1 aliphatic rings. The van der Waals surface area contributed by atoms with E-state index in [1.807, 2.05) is 0 Å². The summed E-state index contributed by atoms with van der Waals surface area (Å²) >= 11 is 0. The van der Waals surface area contributed by atoms with E-state index < -0.39 is 60.6 Å². The highest BCUT2D eigenvalue weighted by molar-refractivity contribution is 5.69. The Morgan fingerprint density at radius 3 is 1.81 bits per heavy atom. The molecule has 0 aromatic heterocycles. The van der Waals surface area contributed by atoms with Gasteiger partial charge in [-0.2, -0.15) is 0 Å². The number of esters is 5. The van der Waals surface area contributed by atoms with Crippen LogP contribution in [0, 0.1) is 0 Å². The summed E-state index contributed by atoms with van der Waals surface area (Å²) in [5.74, 6) is -5.98. The van der Waals surface area contributed by atoms with Crippen molar-refractivity contribution in [3.63, 3.8) is 0 Å². The molecule has 0 bridgehead atoms. The maximum absolute atomic E-state index is 11.6. The normalized spacial score (nSPS) is 27.1. The van der Waals surface area contributed by atoms with Gasteiger partial charge in [-0.1, -0.05) is 0 Å². The summed E-state index contributed by atoms with van der Waals surface area (Å²) in [5, 5.41) is 0. The highest BCUT2D eigenvalue weighted by atomic mass is 16.8. The third kappa shape index (κ3) is 6.51. The Morgan fingerprint density at radius 1 is 0.815 bits per heavy atom. The van der Waals surface area contributed by atoms with E-state index in [0.717, 1.165) is 34.6 Å². The molecule has 0 spiro atoms. The Kier molecular flexibility index (Phi) is 7.70. The summed E-state index contributed by atoms with van der Waals surface area (Å²) in [4.78, 5) is 57.3. The molecule has 11 nitrogen and oxygen atoms in total. The summed E-state index contributed by atoms with van der Waals surface area (Å²) in [6.45, 7) is 4.40. The molecule has 27 heavy (non-hydrogen) atoms. The van der Waals surface area contributed by atoms with Gasteiger partial charge in [-0.15, -0.1) is 0 Å². The monoisotopic (exact) mass is 390 g/mol. The SMILES string of the molecule is CC(=O)OC[C@@]1(OC(C)=O)OC[C@@H](OC(C)=O)[C@@H](OC(C)=O)[C@@H]1OC(C)=O. The van der Waals surface area contributed by atoms with Crippen LogP contribution in [-0.4, -0.2) is 67.2 Å². The average molecular weight is 390 g/mol. The zero-order valence-corrected chi connectivity index (χ0v) is 15.6. The molecule has 1 heterocycles. The van der Waals surface area contributed by atoms with Crippen molar-refractivity contribution in [3.8, 4) is 0 Å². The summed E-state index contributed by atoms with van der Waals surface area (Å²) in [6, 6.07) is 0. The molecule has 0 N–H and O–H groups in total. The molecule has 1 aliphatic heterocycles. The van der Waals surface area contributed by atoms with Gasteiger partial charge in [-0.3, -0.25) is 24.0 Å². The minimum absolute atomic E-state index is 0.385. The molecule has 0 saturated carbocycles. The van der Waals surface area contributed by atoms with Gasteiger partial charge in [0.1, 0.15) is 0 Å². The lowest BCUT2D eigenvalue weighted by Gasteiger charge is -2.46. The van der Waals surface area contributed by atoms with Gasteiger partial charge in [-0.25, -0.2) is 0 Å². The summed E-state index contributed by atoms with van der Waals surface area (Å²) in [6.07, 6.45) is -4.10. The molecule has 1 fully saturated rings. The van der Waals surface area contributed by atoms with Crippen molar-refractivity contribution in [3.05, 3.63) is 0 Å². The van der Waals surface area contributed by atoms with Crippen LogP contribution < -0.4 is 0 Å². The van der Waals surface area contributed by atoms with E-state index in [-0.39, 0.29) is 6.61 Å². The minimum Gasteiger partial charge on any atom is -0.459 e. The lowest BCUT2D eigenvalue weighted by Crippen LogP contribution is -2.67. The van der Waals surface area contributed by atoms with Crippen molar-refractivity contribution >= 4 is 29.8 Å². The Labute approximate surface area is 155 Å². The van der Waals surface area contributed by atoms with Crippen LogP contribution in [0.4, 0.5) is 0 Å². The van der Waals surface area contributed by atoms with Crippen molar-refractivity contribution in [1.29, 1.82) is 0 Å². The van der Waals surface area contributed by atoms with Crippen LogP contribution in [0.2, 0.25) is 0 Å². The van der Waals surface area contributed by atoms with E-state index in [0.29, 0.717) is 0 Å². The topological polar surface area (TPSA) is 141 Å². The summed E-state index contributed by atoms with van der Waals surface area (Å²) in [5.41, 5.74) is 0. The number of carbonyl (C=O) groups is 5. The van der Waals surface area contributed by atoms with Gasteiger partial charge in [0.25, 0.3) is 5.79 Å². The Bertz CT molecular complexity index is 613. The summed E-state index contributed by atoms with van der Waals surface area (Å²) in [7, 11) is 0. The van der Waals surface area contributed by atoms with Gasteiger partial charge < -0.3 is 28.4 Å². The van der Waals surface area contributed by atoms with Crippen LogP contribution in [0.3, 0.4) is 0 Å². The lowest BCUT2D eigenvalue weighted by molar-refractivity contribution is -0.338. The molecule has 0 aromatic rings. The van der Waals surface area contributed by atoms with Crippen LogP contribution in [-0.2, 0) is 52.4 Å². The zero-order chi connectivity index (χ0) is 20.8. The zero-order valence-electron chi connectivity index (χ0n) is 15.6. The van der Waals surface area contributed by atoms with Gasteiger partial charge >= 0.3 is 29.8 Å². The number of rotatable bonds is 6. The van der Waals surface area contributed by atoms with Crippen molar-refractivity contribution in [2.24, 2.45) is 0 Å². The van der Waals surface area contributed by atoms with E-state index in [1.54, 1.807) is 0 Å². The first-order chi connectivity index (χ1) is 12.5. The molecule has 1 saturated heterocycles. The van der Waals surface area contributed by atoms with E-state index in [1.165, 1.54) is 0 Å². The van der Waals surface area contributed by atoms with Gasteiger partial charge in [0.05, 0.1) is 6.61 Å². The van der Waals surface area contributed by atoms with E-state index in [2.05, 4.69) is 0 Å². The van der Waals surface area contributed by atoms with E-state index in [4.69, 9.17) is 28.4 Å². The van der Waals surface area contributed by atoms with Crippen molar-refractivity contribution < 1.29 is 52.4 Å². The fraction of sp³-hybridized carbons (Fsp3) is 0.688. The van der Waals surface area contributed by atoms with E-state index in [9.17, 15) is 24.0 Å². The third-order valence-corrected chi connectivity index (χ3v) is 3.30. The fourth-order valence-electron chi connectivity index (χ4n) is 2.51. The first kappa shape index (κ1) is 22.4. The van der Waals surface area contributed by atoms with Crippen molar-refractivity contribution in [1.82, 2.24) is 0 Å². The minimum atomic E-state index is -2.10. The number of hydrogen-bond donors (Lipinski definition) is 0. The first-order valence-electron chi connectivity index (χ1n) is 7.95. The largest absolute Gasteiger partial charge is 0.459 e. The molecule has 0 unspecified atom stereocenters. The van der Waals surface area contributed by atoms with Crippen LogP contribution >= 0.6 is 0 Å². The number of ether oxygens (including phenoxy) is 6. The second kappa shape index (κ2) is 9.31. The Morgan fingerprint density at radius 2 is 1.37 bits per heavy atom. The second-order valence-electron chi connectivity index (χ2n) is 5.75. The summed E-state index contributed by atoms with van der Waals surface area (Å²) < 4.78 is 30.9. The quantitative estimate of drug-likeness (QED) is 0.433. The smallest absolute Gasteiger partial charge is 0.305 e. The molecule has 1 rings (SSSR count). The molecule has 0 amide bonds. The highest BCUT2D eigenvalue weighted by Gasteiger charge is 2.59. The standard InChI is InChI=1S/C16H22O11/c1-8(17)22-7-16(27-12(5)21)15(26-11(4)20)14(25-10(3)19)13(6-23-16)24-9(2)18/h13-15H,6-7H2,1-5H3/t13-,14-,15+,16+/m1/s1. The third-order valence-electron chi connectivity index (χ3n) is 3.30. The van der Waals surface area contributed by atoms with Crippen molar-refractivity contribution in [2.75, 3.05) is 13.2 Å². The maximum Gasteiger partial charge on any atom is 0.305 e. The number of carbonyl (C=O) groups excluding carboxylic acids is 5. The van der Waals surface area contributed by atoms with Crippen LogP contribution in [0.15, 0.2) is 0 Å². The van der Waals surface area contributed by atoms with Gasteiger partial charge in [0.15, 0.2) is 18.8 Å². The van der Waals surface area contributed by atoms with Crippen LogP contribution in [0.1, 0.15) is 34.6 Å². The predicted molar refractivity (Wildman–Crippen MR) is 83.7 cm³/mol. The van der Waals surface area contributed by atoms with Crippen LogP contribution in [0.25, 0.3) is 0 Å². The van der Waals surface area contributed by atoms with E-state index >= 15 is 0 Å². The molecular formula is C16H22O11. The Balaban J connectivity index is 3.37. The van der Waals surface area contributed by atoms with Gasteiger partial charge in [-0.05, 0) is 0 Å². The first-order valence-corrected chi connectivity index (χ1v) is 7.95. The second-order valence-corrected chi connectivity index (χ2v) is 5.75. The molecular weight excluding hydrogens is 368 g/mol. The lowest BCUT2D eigenvalue weighted by atomic mass is 9.96. The predicted octanol–water partition coefficient (Wildman–Crippen LogP) is -0.366. The van der Waals surface area contributed by atoms with Gasteiger partial charge in [0.2, 0.25) is 6.10 Å². The molecule has 152 valence electrons. The molecule has 11 heteroatoms. The molecule has 4 atom stereocenters.